The van der Waals surface area contributed by atoms with Gasteiger partial charge in [0, 0.05) is 24.7 Å². The summed E-state index contributed by atoms with van der Waals surface area (Å²) in [5.74, 6) is 0.669. The van der Waals surface area contributed by atoms with E-state index in [2.05, 4.69) is 5.32 Å². The van der Waals surface area contributed by atoms with Crippen LogP contribution in [0, 0.1) is 28.9 Å². The summed E-state index contributed by atoms with van der Waals surface area (Å²) in [6.45, 7) is 4.44. The Morgan fingerprint density at radius 1 is 1.27 bits per heavy atom. The van der Waals surface area contributed by atoms with Crippen LogP contribution in [0.15, 0.2) is 17.0 Å². The lowest BCUT2D eigenvalue weighted by atomic mass is 9.92. The average Bonchev–Trinajstić information content (AvgIpc) is 2.91. The summed E-state index contributed by atoms with van der Waals surface area (Å²) in [4.78, 5) is 24.8. The summed E-state index contributed by atoms with van der Waals surface area (Å²) in [6, 6.07) is 2.05. The molecule has 1 aromatic carbocycles. The van der Waals surface area contributed by atoms with Gasteiger partial charge >= 0.3 is 0 Å². The number of fused-ring (bicyclic) bond motifs is 1. The zero-order valence-corrected chi connectivity index (χ0v) is 15.3. The van der Waals surface area contributed by atoms with E-state index in [-0.39, 0.29) is 17.0 Å². The number of nitrogens with zero attached hydrogens (tertiary/aromatic N) is 2. The number of likely N-dealkylation sites (tertiary alicyclic amines) is 1. The highest BCUT2D eigenvalue weighted by Crippen LogP contribution is 2.30. The molecule has 142 valence electrons. The third-order valence-electron chi connectivity index (χ3n) is 5.42. The maximum Gasteiger partial charge on any atom is 0.274 e. The normalized spacial score (nSPS) is 23.4. The molecule has 0 unspecified atom stereocenters. The highest BCUT2D eigenvalue weighted by Gasteiger charge is 2.33. The van der Waals surface area contributed by atoms with Gasteiger partial charge < -0.3 is 10.2 Å². The number of carbonyl (C=O) groups is 1. The molecule has 2 atom stereocenters. The number of nitrogens with one attached hydrogen (secondary N) is 1. The van der Waals surface area contributed by atoms with E-state index in [0.717, 1.165) is 38.1 Å². The van der Waals surface area contributed by atoms with Crippen LogP contribution in [-0.4, -0.2) is 50.3 Å². The van der Waals surface area contributed by atoms with E-state index in [4.69, 9.17) is 5.14 Å². The van der Waals surface area contributed by atoms with Crippen molar-refractivity contribution in [3.63, 3.8) is 0 Å². The van der Waals surface area contributed by atoms with E-state index >= 15 is 0 Å². The van der Waals surface area contributed by atoms with E-state index in [1.165, 1.54) is 6.92 Å². The van der Waals surface area contributed by atoms with Crippen molar-refractivity contribution in [3.8, 4) is 0 Å². The molecule has 1 aromatic rings. The molecular weight excluding hydrogens is 360 g/mol. The predicted octanol–water partition coefficient (Wildman–Crippen LogP) is 0.622. The number of sulfonamides is 1. The summed E-state index contributed by atoms with van der Waals surface area (Å²) in [6.07, 6.45) is 1.72. The van der Waals surface area contributed by atoms with Crippen LogP contribution >= 0.6 is 0 Å². The number of amides is 1. The van der Waals surface area contributed by atoms with Gasteiger partial charge in [0.25, 0.3) is 11.6 Å². The first-order chi connectivity index (χ1) is 12.2. The van der Waals surface area contributed by atoms with E-state index in [1.54, 1.807) is 4.90 Å². The van der Waals surface area contributed by atoms with Gasteiger partial charge in [-0.05, 0) is 50.8 Å². The van der Waals surface area contributed by atoms with Gasteiger partial charge in [-0.15, -0.1) is 0 Å². The first kappa shape index (κ1) is 18.7. The van der Waals surface area contributed by atoms with Crippen molar-refractivity contribution < 1.29 is 18.1 Å². The van der Waals surface area contributed by atoms with Crippen LogP contribution in [-0.2, 0) is 10.0 Å². The molecule has 0 radical (unpaired) electrons. The fourth-order valence-corrected chi connectivity index (χ4v) is 4.40. The molecule has 2 saturated heterocycles. The van der Waals surface area contributed by atoms with Crippen LogP contribution < -0.4 is 10.5 Å². The number of nitro benzene ring substituents is 1. The Morgan fingerprint density at radius 3 is 2.35 bits per heavy atom. The van der Waals surface area contributed by atoms with Gasteiger partial charge in [0.1, 0.15) is 0 Å². The minimum atomic E-state index is -4.17. The molecule has 2 heterocycles. The minimum Gasteiger partial charge on any atom is -0.339 e. The Morgan fingerprint density at radius 2 is 1.85 bits per heavy atom. The number of nitrogens with two attached hydrogens (primary N) is 1. The number of nitro groups is 1. The Bertz CT molecular complexity index is 840. The van der Waals surface area contributed by atoms with Crippen LogP contribution in [0.25, 0.3) is 0 Å². The summed E-state index contributed by atoms with van der Waals surface area (Å²) in [5, 5.41) is 19.8. The van der Waals surface area contributed by atoms with Crippen LogP contribution in [0.5, 0.6) is 0 Å². The molecule has 3 N–H and O–H groups in total. The zero-order chi connectivity index (χ0) is 19.1. The first-order valence-corrected chi connectivity index (χ1v) is 10.0. The van der Waals surface area contributed by atoms with E-state index < -0.39 is 25.5 Å². The maximum absolute atomic E-state index is 13.0. The summed E-state index contributed by atoms with van der Waals surface area (Å²) >= 11 is 0. The number of rotatable bonds is 3. The molecule has 0 bridgehead atoms. The van der Waals surface area contributed by atoms with Crippen molar-refractivity contribution in [1.82, 2.24) is 10.2 Å². The molecule has 0 saturated carbocycles. The largest absolute Gasteiger partial charge is 0.339 e. The van der Waals surface area contributed by atoms with Crippen molar-refractivity contribution in [3.05, 3.63) is 33.4 Å². The van der Waals surface area contributed by atoms with E-state index in [0.29, 0.717) is 24.9 Å². The van der Waals surface area contributed by atoms with Gasteiger partial charge in [-0.1, -0.05) is 0 Å². The number of hydrogen-bond donors (Lipinski definition) is 2. The van der Waals surface area contributed by atoms with Crippen molar-refractivity contribution in [2.45, 2.75) is 24.7 Å². The molecule has 0 spiro atoms. The monoisotopic (exact) mass is 382 g/mol. The lowest BCUT2D eigenvalue weighted by molar-refractivity contribution is -0.385. The van der Waals surface area contributed by atoms with Crippen LogP contribution in [0.2, 0.25) is 0 Å². The standard InChI is InChI=1S/C16H22N4O5S/c1-10-14(6-13(26(17,24)25)7-15(10)20(22)23)16(21)19-4-2-11-8-18-9-12(11)3-5-19/h6-7,11-12,18H,2-5,8-9H2,1H3,(H2,17,24,25)/t11-,12+. The molecule has 2 aliphatic rings. The Balaban J connectivity index is 1.95. The first-order valence-electron chi connectivity index (χ1n) is 8.50. The highest BCUT2D eigenvalue weighted by molar-refractivity contribution is 7.89. The van der Waals surface area contributed by atoms with Crippen molar-refractivity contribution in [2.75, 3.05) is 26.2 Å². The third kappa shape index (κ3) is 3.57. The SMILES string of the molecule is Cc1c(C(=O)N2CC[C@@H]3CNC[C@@H]3CC2)cc(S(N)(=O)=O)cc1[N+](=O)[O-]. The quantitative estimate of drug-likeness (QED) is 0.581. The summed E-state index contributed by atoms with van der Waals surface area (Å²) < 4.78 is 23.4. The number of carbonyl (C=O) groups excluding carboxylic acids is 1. The van der Waals surface area contributed by atoms with Gasteiger partial charge in [-0.3, -0.25) is 14.9 Å². The fourth-order valence-electron chi connectivity index (χ4n) is 3.84. The minimum absolute atomic E-state index is 0.0217. The lowest BCUT2D eigenvalue weighted by Crippen LogP contribution is -2.33. The Kier molecular flexibility index (Phi) is 5.00. The van der Waals surface area contributed by atoms with Gasteiger partial charge in [0.15, 0.2) is 0 Å². The average molecular weight is 382 g/mol. The Hall–Kier alpha value is -2.04. The second kappa shape index (κ2) is 6.93. The second-order valence-electron chi connectivity index (χ2n) is 6.97. The van der Waals surface area contributed by atoms with Crippen LogP contribution in [0.1, 0.15) is 28.8 Å². The van der Waals surface area contributed by atoms with Gasteiger partial charge in [-0.25, -0.2) is 13.6 Å². The summed E-state index contributed by atoms with van der Waals surface area (Å²) in [7, 11) is -4.17. The van der Waals surface area contributed by atoms with Gasteiger partial charge in [0.05, 0.1) is 15.4 Å². The predicted molar refractivity (Wildman–Crippen MR) is 94.2 cm³/mol. The molecule has 10 heteroatoms. The summed E-state index contributed by atoms with van der Waals surface area (Å²) in [5.41, 5.74) is -0.248. The topological polar surface area (TPSA) is 136 Å². The van der Waals surface area contributed by atoms with Crippen molar-refractivity contribution >= 4 is 21.6 Å². The molecule has 0 aliphatic carbocycles. The molecule has 0 aromatic heterocycles. The highest BCUT2D eigenvalue weighted by atomic mass is 32.2. The number of benzene rings is 1. The molecule has 9 nitrogen and oxygen atoms in total. The molecule has 26 heavy (non-hydrogen) atoms. The smallest absolute Gasteiger partial charge is 0.274 e. The maximum atomic E-state index is 13.0. The Labute approximate surface area is 151 Å². The van der Waals surface area contributed by atoms with Crippen molar-refractivity contribution in [1.29, 1.82) is 0 Å². The zero-order valence-electron chi connectivity index (χ0n) is 14.5. The van der Waals surface area contributed by atoms with E-state index in [9.17, 15) is 23.3 Å². The molecule has 3 rings (SSSR count). The molecule has 2 aliphatic heterocycles. The molecular formula is C16H22N4O5S. The van der Waals surface area contributed by atoms with Gasteiger partial charge in [0.2, 0.25) is 10.0 Å². The number of hydrogen-bond acceptors (Lipinski definition) is 6. The van der Waals surface area contributed by atoms with Crippen LogP contribution in [0.3, 0.4) is 0 Å². The molecule has 2 fully saturated rings. The second-order valence-corrected chi connectivity index (χ2v) is 8.53. The third-order valence-corrected chi connectivity index (χ3v) is 6.31. The van der Waals surface area contributed by atoms with Gasteiger partial charge in [-0.2, -0.15) is 0 Å². The van der Waals surface area contributed by atoms with Crippen molar-refractivity contribution in [2.24, 2.45) is 17.0 Å². The van der Waals surface area contributed by atoms with Crippen LogP contribution in [0.4, 0.5) is 5.69 Å². The number of primary sulfonamides is 1. The lowest BCUT2D eigenvalue weighted by Gasteiger charge is -2.22. The fraction of sp³-hybridized carbons (Fsp3) is 0.562. The molecule has 1 amide bonds. The van der Waals surface area contributed by atoms with E-state index in [1.807, 2.05) is 0 Å².